The molecule has 2 rings (SSSR count). The highest BCUT2D eigenvalue weighted by Gasteiger charge is 2.15. The van der Waals surface area contributed by atoms with E-state index in [-0.39, 0.29) is 10.7 Å². The molecule has 0 aliphatic rings. The molecule has 0 aliphatic carbocycles. The fraction of sp³-hybridized carbons (Fsp3) is 0.250. The van der Waals surface area contributed by atoms with Crippen LogP contribution in [0.15, 0.2) is 17.6 Å². The summed E-state index contributed by atoms with van der Waals surface area (Å²) in [5.41, 5.74) is 4.30. The Morgan fingerprint density at radius 3 is 2.79 bits per heavy atom. The first-order valence-corrected chi connectivity index (χ1v) is 6.82. The highest BCUT2D eigenvalue weighted by molar-refractivity contribution is 7.09. The SMILES string of the molecule is Cc1cc([N+](=O)[O-])c(Cl)cc1NCc1scnc1C. The summed E-state index contributed by atoms with van der Waals surface area (Å²) in [5.74, 6) is 0. The number of aryl methyl sites for hydroxylation is 2. The lowest BCUT2D eigenvalue weighted by molar-refractivity contribution is -0.384. The van der Waals surface area contributed by atoms with Crippen LogP contribution in [0.5, 0.6) is 0 Å². The molecule has 0 saturated carbocycles. The fourth-order valence-corrected chi connectivity index (χ4v) is 2.62. The number of rotatable bonds is 4. The largest absolute Gasteiger partial charge is 0.380 e. The standard InChI is InChI=1S/C12H12ClN3O2S/c1-7-3-11(16(17)18)9(13)4-10(7)14-5-12-8(2)15-6-19-12/h3-4,6,14H,5H2,1-2H3. The van der Waals surface area contributed by atoms with Crippen LogP contribution in [-0.4, -0.2) is 9.91 Å². The Morgan fingerprint density at radius 1 is 1.47 bits per heavy atom. The molecule has 0 fully saturated rings. The number of anilines is 1. The molecule has 0 saturated heterocycles. The van der Waals surface area contributed by atoms with Crippen molar-refractivity contribution in [1.82, 2.24) is 4.98 Å². The molecule has 0 spiro atoms. The first-order chi connectivity index (χ1) is 8.99. The van der Waals surface area contributed by atoms with Crippen LogP contribution in [0.25, 0.3) is 0 Å². The summed E-state index contributed by atoms with van der Waals surface area (Å²) in [7, 11) is 0. The van der Waals surface area contributed by atoms with Gasteiger partial charge in [0.05, 0.1) is 22.7 Å². The van der Waals surface area contributed by atoms with Gasteiger partial charge in [0.2, 0.25) is 0 Å². The van der Waals surface area contributed by atoms with Gasteiger partial charge in [-0.2, -0.15) is 0 Å². The van der Waals surface area contributed by atoms with Crippen LogP contribution >= 0.6 is 22.9 Å². The van der Waals surface area contributed by atoms with E-state index in [9.17, 15) is 10.1 Å². The van der Waals surface area contributed by atoms with E-state index in [4.69, 9.17) is 11.6 Å². The van der Waals surface area contributed by atoms with Crippen LogP contribution in [0, 0.1) is 24.0 Å². The molecular formula is C12H12ClN3O2S. The van der Waals surface area contributed by atoms with Crippen molar-refractivity contribution in [3.8, 4) is 0 Å². The van der Waals surface area contributed by atoms with E-state index < -0.39 is 4.92 Å². The summed E-state index contributed by atoms with van der Waals surface area (Å²) < 4.78 is 0. The van der Waals surface area contributed by atoms with Crippen molar-refractivity contribution < 1.29 is 4.92 Å². The molecule has 19 heavy (non-hydrogen) atoms. The maximum atomic E-state index is 10.8. The Hall–Kier alpha value is -1.66. The summed E-state index contributed by atoms with van der Waals surface area (Å²) in [6, 6.07) is 3.07. The van der Waals surface area contributed by atoms with Gasteiger partial charge in [-0.3, -0.25) is 10.1 Å². The molecule has 0 atom stereocenters. The van der Waals surface area contributed by atoms with E-state index in [0.29, 0.717) is 6.54 Å². The van der Waals surface area contributed by atoms with Crippen molar-refractivity contribution in [1.29, 1.82) is 0 Å². The van der Waals surface area contributed by atoms with E-state index in [2.05, 4.69) is 10.3 Å². The Bertz CT molecular complexity index is 627. The van der Waals surface area contributed by atoms with Crippen molar-refractivity contribution in [2.75, 3.05) is 5.32 Å². The fourth-order valence-electron chi connectivity index (χ4n) is 1.67. The number of nitro groups is 1. The molecular weight excluding hydrogens is 286 g/mol. The third-order valence-electron chi connectivity index (χ3n) is 2.77. The molecule has 1 aromatic heterocycles. The van der Waals surface area contributed by atoms with E-state index in [0.717, 1.165) is 21.8 Å². The predicted molar refractivity (Wildman–Crippen MR) is 77.0 cm³/mol. The summed E-state index contributed by atoms with van der Waals surface area (Å²) in [6.07, 6.45) is 0. The van der Waals surface area contributed by atoms with Crippen LogP contribution in [0.3, 0.4) is 0 Å². The minimum Gasteiger partial charge on any atom is -0.380 e. The van der Waals surface area contributed by atoms with Gasteiger partial charge in [-0.25, -0.2) is 4.98 Å². The highest BCUT2D eigenvalue weighted by atomic mass is 35.5. The van der Waals surface area contributed by atoms with Crippen molar-refractivity contribution in [3.05, 3.63) is 48.9 Å². The third-order valence-corrected chi connectivity index (χ3v) is 4.01. The minimum absolute atomic E-state index is 0.0707. The third kappa shape index (κ3) is 3.02. The molecule has 2 aromatic rings. The summed E-state index contributed by atoms with van der Waals surface area (Å²) >= 11 is 7.47. The smallest absolute Gasteiger partial charge is 0.288 e. The number of thiazole rings is 1. The number of nitrogens with zero attached hydrogens (tertiary/aromatic N) is 2. The van der Waals surface area contributed by atoms with E-state index in [1.54, 1.807) is 22.9 Å². The molecule has 0 bridgehead atoms. The number of nitrogens with one attached hydrogen (secondary N) is 1. The van der Waals surface area contributed by atoms with Gasteiger partial charge in [0, 0.05) is 16.6 Å². The maximum absolute atomic E-state index is 10.8. The van der Waals surface area contributed by atoms with Crippen LogP contribution < -0.4 is 5.32 Å². The van der Waals surface area contributed by atoms with Crippen LogP contribution in [0.1, 0.15) is 16.1 Å². The van der Waals surface area contributed by atoms with Gasteiger partial charge in [-0.1, -0.05) is 11.6 Å². The van der Waals surface area contributed by atoms with Gasteiger partial charge >= 0.3 is 0 Å². The van der Waals surface area contributed by atoms with Gasteiger partial charge in [0.1, 0.15) is 5.02 Å². The zero-order chi connectivity index (χ0) is 14.0. The molecule has 7 heteroatoms. The monoisotopic (exact) mass is 297 g/mol. The minimum atomic E-state index is -0.480. The second-order valence-electron chi connectivity index (χ2n) is 4.09. The van der Waals surface area contributed by atoms with Crippen molar-refractivity contribution in [2.24, 2.45) is 0 Å². The zero-order valence-electron chi connectivity index (χ0n) is 10.4. The Balaban J connectivity index is 2.20. The topological polar surface area (TPSA) is 68.1 Å². The van der Waals surface area contributed by atoms with Gasteiger partial charge in [0.25, 0.3) is 5.69 Å². The average molecular weight is 298 g/mol. The molecule has 100 valence electrons. The number of aromatic nitrogens is 1. The quantitative estimate of drug-likeness (QED) is 0.685. The van der Waals surface area contributed by atoms with Crippen molar-refractivity contribution in [3.63, 3.8) is 0 Å². The van der Waals surface area contributed by atoms with Crippen molar-refractivity contribution in [2.45, 2.75) is 20.4 Å². The molecule has 0 unspecified atom stereocenters. The highest BCUT2D eigenvalue weighted by Crippen LogP contribution is 2.31. The van der Waals surface area contributed by atoms with Crippen molar-refractivity contribution >= 4 is 34.3 Å². The Kier molecular flexibility index (Phi) is 4.01. The summed E-state index contributed by atoms with van der Waals surface area (Å²) in [5, 5.41) is 14.1. The number of hydrogen-bond acceptors (Lipinski definition) is 5. The lowest BCUT2D eigenvalue weighted by Gasteiger charge is -2.09. The lowest BCUT2D eigenvalue weighted by atomic mass is 10.1. The predicted octanol–water partition coefficient (Wildman–Crippen LogP) is 3.93. The second-order valence-corrected chi connectivity index (χ2v) is 5.44. The van der Waals surface area contributed by atoms with Crippen LogP contribution in [0.2, 0.25) is 5.02 Å². The Morgan fingerprint density at radius 2 is 2.21 bits per heavy atom. The molecule has 1 aromatic carbocycles. The molecule has 1 N–H and O–H groups in total. The van der Waals surface area contributed by atoms with Gasteiger partial charge in [-0.15, -0.1) is 11.3 Å². The summed E-state index contributed by atoms with van der Waals surface area (Å²) in [6.45, 7) is 4.39. The van der Waals surface area contributed by atoms with Crippen LogP contribution in [-0.2, 0) is 6.54 Å². The van der Waals surface area contributed by atoms with Gasteiger partial charge in [0.15, 0.2) is 0 Å². The van der Waals surface area contributed by atoms with E-state index in [1.165, 1.54) is 6.07 Å². The summed E-state index contributed by atoms with van der Waals surface area (Å²) in [4.78, 5) is 15.6. The molecule has 0 radical (unpaired) electrons. The molecule has 0 amide bonds. The van der Waals surface area contributed by atoms with Gasteiger partial charge < -0.3 is 5.32 Å². The second kappa shape index (κ2) is 5.54. The molecule has 0 aliphatic heterocycles. The Labute approximate surface area is 119 Å². The normalized spacial score (nSPS) is 10.5. The maximum Gasteiger partial charge on any atom is 0.288 e. The average Bonchev–Trinajstić information content (AvgIpc) is 2.75. The number of hydrogen-bond donors (Lipinski definition) is 1. The number of nitro benzene ring substituents is 1. The van der Waals surface area contributed by atoms with E-state index in [1.807, 2.05) is 13.8 Å². The van der Waals surface area contributed by atoms with Gasteiger partial charge in [-0.05, 0) is 25.5 Å². The molecule has 5 nitrogen and oxygen atoms in total. The number of benzene rings is 1. The van der Waals surface area contributed by atoms with Crippen LogP contribution in [0.4, 0.5) is 11.4 Å². The number of halogens is 1. The molecule has 1 heterocycles. The first-order valence-electron chi connectivity index (χ1n) is 5.56. The lowest BCUT2D eigenvalue weighted by Crippen LogP contribution is -2.02. The van der Waals surface area contributed by atoms with E-state index >= 15 is 0 Å². The first kappa shape index (κ1) is 13.8. The zero-order valence-corrected chi connectivity index (χ0v) is 12.0.